The Morgan fingerprint density at radius 3 is 2.41 bits per heavy atom. The van der Waals surface area contributed by atoms with E-state index in [1.54, 1.807) is 18.2 Å². The highest BCUT2D eigenvalue weighted by atomic mass is 35.5. The number of nitrogens with one attached hydrogen (secondary N) is 1. The summed E-state index contributed by atoms with van der Waals surface area (Å²) in [4.78, 5) is 2.82. The van der Waals surface area contributed by atoms with Crippen molar-refractivity contribution in [3.63, 3.8) is 0 Å². The fourth-order valence-electron chi connectivity index (χ4n) is 1.45. The smallest absolute Gasteiger partial charge is 0.127 e. The highest BCUT2D eigenvalue weighted by Crippen LogP contribution is 2.37. The van der Waals surface area contributed by atoms with Crippen molar-refractivity contribution in [3.8, 4) is 17.3 Å². The minimum absolute atomic E-state index is 0.190. The zero-order chi connectivity index (χ0) is 12.6. The molecule has 0 unspecified atom stereocenters. The maximum absolute atomic E-state index is 9.04. The number of aromatic amines is 1. The molecular formula is C11H4Cl4N2. The van der Waals surface area contributed by atoms with Crippen molar-refractivity contribution in [1.29, 1.82) is 5.26 Å². The van der Waals surface area contributed by atoms with Crippen LogP contribution in [-0.4, -0.2) is 4.98 Å². The van der Waals surface area contributed by atoms with Gasteiger partial charge in [0.2, 0.25) is 0 Å². The average molecular weight is 306 g/mol. The molecule has 0 bridgehead atoms. The lowest BCUT2D eigenvalue weighted by Crippen LogP contribution is -1.83. The van der Waals surface area contributed by atoms with E-state index in [0.717, 1.165) is 0 Å². The average Bonchev–Trinajstić information content (AvgIpc) is 2.55. The van der Waals surface area contributed by atoms with Crippen molar-refractivity contribution in [2.75, 3.05) is 0 Å². The van der Waals surface area contributed by atoms with Gasteiger partial charge in [-0.25, -0.2) is 0 Å². The number of benzene rings is 1. The predicted molar refractivity (Wildman–Crippen MR) is 71.0 cm³/mol. The van der Waals surface area contributed by atoms with Crippen LogP contribution in [0.25, 0.3) is 11.3 Å². The number of rotatable bonds is 1. The molecule has 6 heteroatoms. The standard InChI is InChI=1S/C11H4Cl4N2/c12-5-1-2-6(8(13)3-5)10-7(4-16)9(14)11(15)17-10/h1-3,17H. The summed E-state index contributed by atoms with van der Waals surface area (Å²) < 4.78 is 0. The number of hydrogen-bond acceptors (Lipinski definition) is 1. The molecule has 1 N–H and O–H groups in total. The van der Waals surface area contributed by atoms with Crippen molar-refractivity contribution in [2.24, 2.45) is 0 Å². The topological polar surface area (TPSA) is 39.6 Å². The quantitative estimate of drug-likeness (QED) is 0.776. The van der Waals surface area contributed by atoms with E-state index in [1.807, 2.05) is 6.07 Å². The van der Waals surface area contributed by atoms with Gasteiger partial charge in [-0.2, -0.15) is 5.26 Å². The number of nitriles is 1. The van der Waals surface area contributed by atoms with Gasteiger partial charge in [-0.15, -0.1) is 0 Å². The lowest BCUT2D eigenvalue weighted by molar-refractivity contribution is 1.39. The summed E-state index contributed by atoms with van der Waals surface area (Å²) in [5.74, 6) is 0. The van der Waals surface area contributed by atoms with Crippen molar-refractivity contribution in [1.82, 2.24) is 4.98 Å². The molecular weight excluding hydrogens is 302 g/mol. The Hall–Kier alpha value is -0.850. The Balaban J connectivity index is 2.69. The van der Waals surface area contributed by atoms with E-state index in [-0.39, 0.29) is 15.7 Å². The van der Waals surface area contributed by atoms with E-state index in [1.165, 1.54) is 0 Å². The van der Waals surface area contributed by atoms with Gasteiger partial charge in [0, 0.05) is 10.6 Å². The maximum Gasteiger partial charge on any atom is 0.127 e. The van der Waals surface area contributed by atoms with Gasteiger partial charge in [0.15, 0.2) is 0 Å². The molecule has 0 atom stereocenters. The molecule has 86 valence electrons. The first-order chi connectivity index (χ1) is 8.04. The third-order valence-corrected chi connectivity index (χ3v) is 3.52. The molecule has 0 fully saturated rings. The van der Waals surface area contributed by atoms with Crippen molar-refractivity contribution in [2.45, 2.75) is 0 Å². The summed E-state index contributed by atoms with van der Waals surface area (Å²) in [5.41, 5.74) is 1.38. The summed E-state index contributed by atoms with van der Waals surface area (Å²) >= 11 is 23.6. The molecule has 0 radical (unpaired) electrons. The number of hydrogen-bond donors (Lipinski definition) is 1. The SMILES string of the molecule is N#Cc1c(-c2ccc(Cl)cc2Cl)[nH]c(Cl)c1Cl. The molecule has 2 nitrogen and oxygen atoms in total. The van der Waals surface area contributed by atoms with Crippen LogP contribution < -0.4 is 0 Å². The van der Waals surface area contributed by atoms with Crippen LogP contribution >= 0.6 is 46.4 Å². The Morgan fingerprint density at radius 1 is 1.12 bits per heavy atom. The molecule has 0 aliphatic carbocycles. The largest absolute Gasteiger partial charge is 0.343 e. The molecule has 0 aliphatic heterocycles. The third kappa shape index (κ3) is 2.25. The molecule has 0 saturated heterocycles. The summed E-state index contributed by atoms with van der Waals surface area (Å²) in [6.45, 7) is 0. The molecule has 0 amide bonds. The van der Waals surface area contributed by atoms with Crippen LogP contribution in [-0.2, 0) is 0 Å². The van der Waals surface area contributed by atoms with Crippen LogP contribution in [0, 0.1) is 11.3 Å². The first-order valence-corrected chi connectivity index (χ1v) is 5.98. The molecule has 2 rings (SSSR count). The van der Waals surface area contributed by atoms with Crippen LogP contribution in [0.1, 0.15) is 5.56 Å². The molecule has 1 aromatic carbocycles. The van der Waals surface area contributed by atoms with E-state index < -0.39 is 0 Å². The van der Waals surface area contributed by atoms with Crippen LogP contribution in [0.15, 0.2) is 18.2 Å². The number of nitrogens with zero attached hydrogens (tertiary/aromatic N) is 1. The molecule has 0 aliphatic rings. The Morgan fingerprint density at radius 2 is 1.82 bits per heavy atom. The van der Waals surface area contributed by atoms with E-state index in [2.05, 4.69) is 4.98 Å². The summed E-state index contributed by atoms with van der Waals surface area (Å²) in [6, 6.07) is 6.94. The second-order valence-electron chi connectivity index (χ2n) is 3.24. The van der Waals surface area contributed by atoms with Crippen molar-refractivity contribution < 1.29 is 0 Å². The second-order valence-corrected chi connectivity index (χ2v) is 4.84. The Labute approximate surface area is 118 Å². The number of aromatic nitrogens is 1. The van der Waals surface area contributed by atoms with Gasteiger partial charge in [-0.1, -0.05) is 46.4 Å². The predicted octanol–water partition coefficient (Wildman–Crippen LogP) is 5.17. The fraction of sp³-hybridized carbons (Fsp3) is 0. The first kappa shape index (κ1) is 12.6. The van der Waals surface area contributed by atoms with E-state index >= 15 is 0 Å². The Kier molecular flexibility index (Phi) is 3.56. The number of H-pyrrole nitrogens is 1. The van der Waals surface area contributed by atoms with E-state index in [0.29, 0.717) is 21.3 Å². The molecule has 0 spiro atoms. The second kappa shape index (κ2) is 4.80. The van der Waals surface area contributed by atoms with Gasteiger partial charge in [0.05, 0.1) is 21.3 Å². The maximum atomic E-state index is 9.04. The van der Waals surface area contributed by atoms with Crippen LogP contribution in [0.3, 0.4) is 0 Å². The third-order valence-electron chi connectivity index (χ3n) is 2.21. The zero-order valence-electron chi connectivity index (χ0n) is 8.19. The van der Waals surface area contributed by atoms with Gasteiger partial charge in [-0.3, -0.25) is 0 Å². The Bertz CT molecular complexity index is 625. The lowest BCUT2D eigenvalue weighted by Gasteiger charge is -2.03. The van der Waals surface area contributed by atoms with Crippen molar-refractivity contribution in [3.05, 3.63) is 44.0 Å². The molecule has 1 aromatic heterocycles. The zero-order valence-corrected chi connectivity index (χ0v) is 11.2. The monoisotopic (exact) mass is 304 g/mol. The van der Waals surface area contributed by atoms with Gasteiger partial charge >= 0.3 is 0 Å². The van der Waals surface area contributed by atoms with Crippen molar-refractivity contribution >= 4 is 46.4 Å². The molecule has 17 heavy (non-hydrogen) atoms. The summed E-state index contributed by atoms with van der Waals surface area (Å²) in [5, 5.41) is 10.4. The minimum atomic E-state index is 0.190. The normalized spacial score (nSPS) is 10.3. The van der Waals surface area contributed by atoms with Crippen LogP contribution in [0.5, 0.6) is 0 Å². The number of halogens is 4. The summed E-state index contributed by atoms with van der Waals surface area (Å²) in [7, 11) is 0. The van der Waals surface area contributed by atoms with Gasteiger partial charge in [0.25, 0.3) is 0 Å². The van der Waals surface area contributed by atoms with E-state index in [9.17, 15) is 0 Å². The first-order valence-electron chi connectivity index (χ1n) is 4.47. The van der Waals surface area contributed by atoms with Gasteiger partial charge in [-0.05, 0) is 18.2 Å². The van der Waals surface area contributed by atoms with E-state index in [4.69, 9.17) is 51.7 Å². The molecule has 1 heterocycles. The highest BCUT2D eigenvalue weighted by Gasteiger charge is 2.17. The lowest BCUT2D eigenvalue weighted by atomic mass is 10.1. The fourth-order valence-corrected chi connectivity index (χ4v) is 2.32. The summed E-state index contributed by atoms with van der Waals surface area (Å²) in [6.07, 6.45) is 0. The minimum Gasteiger partial charge on any atom is -0.343 e. The van der Waals surface area contributed by atoms with Crippen LogP contribution in [0.4, 0.5) is 0 Å². The van der Waals surface area contributed by atoms with Crippen LogP contribution in [0.2, 0.25) is 20.2 Å². The van der Waals surface area contributed by atoms with Gasteiger partial charge in [0.1, 0.15) is 11.2 Å². The highest BCUT2D eigenvalue weighted by molar-refractivity contribution is 6.43. The molecule has 0 saturated carbocycles. The molecule has 2 aromatic rings. The van der Waals surface area contributed by atoms with Gasteiger partial charge < -0.3 is 4.98 Å².